The summed E-state index contributed by atoms with van der Waals surface area (Å²) in [6.07, 6.45) is 23.4. The van der Waals surface area contributed by atoms with Crippen LogP contribution in [0.25, 0.3) is 0 Å². The van der Waals surface area contributed by atoms with Crippen LogP contribution < -0.4 is 0 Å². The first-order chi connectivity index (χ1) is 16.7. The molecular weight excluding hydrogens is 449 g/mol. The molecule has 0 spiro atoms. The Kier molecular flexibility index (Phi) is 19.9. The SMILES string of the molecule is C=CCCN(C)P(=O)(OCC(C)(CCCCCC)CCCCCC)C(C)(CC)CCCCCCC. The van der Waals surface area contributed by atoms with Crippen molar-refractivity contribution in [2.75, 3.05) is 20.2 Å². The van der Waals surface area contributed by atoms with Crippen LogP contribution in [-0.2, 0) is 9.09 Å². The first-order valence-corrected chi connectivity index (χ1v) is 16.8. The van der Waals surface area contributed by atoms with Crippen LogP contribution >= 0.6 is 7.52 Å². The Morgan fingerprint density at radius 1 is 0.771 bits per heavy atom. The molecule has 0 rings (SSSR count). The van der Waals surface area contributed by atoms with Gasteiger partial charge in [-0.1, -0.05) is 124 Å². The molecule has 0 aliphatic heterocycles. The lowest BCUT2D eigenvalue weighted by Crippen LogP contribution is -2.36. The van der Waals surface area contributed by atoms with Gasteiger partial charge < -0.3 is 4.52 Å². The molecule has 35 heavy (non-hydrogen) atoms. The van der Waals surface area contributed by atoms with Crippen molar-refractivity contribution in [3.05, 3.63) is 12.7 Å². The van der Waals surface area contributed by atoms with Crippen molar-refractivity contribution in [1.29, 1.82) is 0 Å². The summed E-state index contributed by atoms with van der Waals surface area (Å²) in [6, 6.07) is 0. The quantitative estimate of drug-likeness (QED) is 0.0690. The maximum absolute atomic E-state index is 14.9. The molecule has 0 bridgehead atoms. The number of hydrogen-bond acceptors (Lipinski definition) is 2. The Balaban J connectivity index is 5.63. The van der Waals surface area contributed by atoms with E-state index in [1.165, 1.54) is 89.9 Å². The summed E-state index contributed by atoms with van der Waals surface area (Å²) in [6.45, 7) is 18.9. The minimum Gasteiger partial charge on any atom is -0.316 e. The Morgan fingerprint density at radius 3 is 1.69 bits per heavy atom. The summed E-state index contributed by atoms with van der Waals surface area (Å²) in [5, 5.41) is -0.305. The van der Waals surface area contributed by atoms with Gasteiger partial charge in [0.15, 0.2) is 0 Å². The maximum Gasteiger partial charge on any atom is 0.277 e. The standard InChI is InChI=1S/C31H64NO2P/c1-9-14-18-21-24-27-31(7,13-5)35(33,32(8)28-17-12-4)34-29-30(6,25-22-19-15-10-2)26-23-20-16-11-3/h12H,4,9-11,13-29H2,1-3,5-8H3. The van der Waals surface area contributed by atoms with Gasteiger partial charge in [0.1, 0.15) is 0 Å². The Labute approximate surface area is 221 Å². The Bertz CT molecular complexity index is 552. The van der Waals surface area contributed by atoms with Crippen LogP contribution in [0.1, 0.15) is 157 Å². The number of rotatable bonds is 25. The first kappa shape index (κ1) is 34.9. The maximum atomic E-state index is 14.9. The second kappa shape index (κ2) is 19.9. The average molecular weight is 514 g/mol. The average Bonchev–Trinajstić information content (AvgIpc) is 2.86. The lowest BCUT2D eigenvalue weighted by atomic mass is 9.80. The van der Waals surface area contributed by atoms with Gasteiger partial charge in [0.2, 0.25) is 0 Å². The fourth-order valence-corrected chi connectivity index (χ4v) is 8.21. The molecule has 0 saturated carbocycles. The summed E-state index contributed by atoms with van der Waals surface area (Å²) in [5.41, 5.74) is 0.103. The lowest BCUT2D eigenvalue weighted by molar-refractivity contribution is 0.118. The lowest BCUT2D eigenvalue weighted by Gasteiger charge is -2.43. The van der Waals surface area contributed by atoms with Crippen LogP contribution in [0.5, 0.6) is 0 Å². The molecule has 3 nitrogen and oxygen atoms in total. The highest BCUT2D eigenvalue weighted by molar-refractivity contribution is 7.58. The zero-order chi connectivity index (χ0) is 26.6. The molecule has 2 atom stereocenters. The molecule has 0 aromatic rings. The van der Waals surface area contributed by atoms with E-state index in [0.29, 0.717) is 6.61 Å². The molecule has 0 aromatic heterocycles. The van der Waals surface area contributed by atoms with Crippen molar-refractivity contribution in [1.82, 2.24) is 4.67 Å². The highest BCUT2D eigenvalue weighted by Crippen LogP contribution is 2.65. The van der Waals surface area contributed by atoms with Gasteiger partial charge in [-0.3, -0.25) is 4.57 Å². The van der Waals surface area contributed by atoms with E-state index in [-0.39, 0.29) is 10.6 Å². The molecule has 210 valence electrons. The molecule has 0 radical (unpaired) electrons. The minimum absolute atomic E-state index is 0.103. The highest BCUT2D eigenvalue weighted by Gasteiger charge is 2.47. The molecule has 0 aliphatic rings. The van der Waals surface area contributed by atoms with Crippen molar-refractivity contribution >= 4 is 7.52 Å². The monoisotopic (exact) mass is 513 g/mol. The van der Waals surface area contributed by atoms with Crippen LogP contribution in [0.4, 0.5) is 0 Å². The normalized spacial score (nSPS) is 15.8. The first-order valence-electron chi connectivity index (χ1n) is 15.3. The molecule has 2 unspecified atom stereocenters. The molecule has 0 amide bonds. The third-order valence-corrected chi connectivity index (χ3v) is 11.7. The van der Waals surface area contributed by atoms with E-state index in [2.05, 4.69) is 52.8 Å². The number of hydrogen-bond donors (Lipinski definition) is 0. The third kappa shape index (κ3) is 13.3. The molecule has 0 aliphatic carbocycles. The smallest absolute Gasteiger partial charge is 0.277 e. The van der Waals surface area contributed by atoms with Crippen molar-refractivity contribution in [2.24, 2.45) is 5.41 Å². The second-order valence-corrected chi connectivity index (χ2v) is 14.8. The van der Waals surface area contributed by atoms with E-state index in [9.17, 15) is 4.57 Å². The zero-order valence-electron chi connectivity index (χ0n) is 25.1. The summed E-state index contributed by atoms with van der Waals surface area (Å²) in [7, 11) is -0.995. The van der Waals surface area contributed by atoms with E-state index in [4.69, 9.17) is 4.52 Å². The van der Waals surface area contributed by atoms with Gasteiger partial charge in [-0.15, -0.1) is 6.58 Å². The van der Waals surface area contributed by atoms with E-state index >= 15 is 0 Å². The molecular formula is C31H64NO2P. The second-order valence-electron chi connectivity index (χ2n) is 11.7. The predicted molar refractivity (Wildman–Crippen MR) is 159 cm³/mol. The summed E-state index contributed by atoms with van der Waals surface area (Å²) >= 11 is 0. The molecule has 0 N–H and O–H groups in total. The Hall–Kier alpha value is -0.110. The summed E-state index contributed by atoms with van der Waals surface area (Å²) in [5.74, 6) is 0. The van der Waals surface area contributed by atoms with Crippen LogP contribution in [0.15, 0.2) is 12.7 Å². The van der Waals surface area contributed by atoms with Crippen molar-refractivity contribution < 1.29 is 9.09 Å². The minimum atomic E-state index is -3.02. The molecule has 0 fully saturated rings. The zero-order valence-corrected chi connectivity index (χ0v) is 26.0. The van der Waals surface area contributed by atoms with Gasteiger partial charge >= 0.3 is 0 Å². The van der Waals surface area contributed by atoms with Crippen LogP contribution in [0, 0.1) is 5.41 Å². The van der Waals surface area contributed by atoms with Gasteiger partial charge in [0, 0.05) is 6.54 Å². The third-order valence-electron chi connectivity index (χ3n) is 8.22. The van der Waals surface area contributed by atoms with Gasteiger partial charge in [-0.05, 0) is 51.5 Å². The molecule has 0 heterocycles. The van der Waals surface area contributed by atoms with Gasteiger partial charge in [0.05, 0.1) is 11.8 Å². The largest absolute Gasteiger partial charge is 0.316 e. The fraction of sp³-hybridized carbons (Fsp3) is 0.935. The van der Waals surface area contributed by atoms with Crippen molar-refractivity contribution in [3.63, 3.8) is 0 Å². The summed E-state index contributed by atoms with van der Waals surface area (Å²) < 4.78 is 23.7. The van der Waals surface area contributed by atoms with Crippen molar-refractivity contribution in [2.45, 2.75) is 162 Å². The van der Waals surface area contributed by atoms with E-state index in [1.54, 1.807) is 0 Å². The van der Waals surface area contributed by atoms with Crippen LogP contribution in [0.2, 0.25) is 0 Å². The topological polar surface area (TPSA) is 29.5 Å². The number of unbranched alkanes of at least 4 members (excludes halogenated alkanes) is 10. The Morgan fingerprint density at radius 2 is 1.23 bits per heavy atom. The van der Waals surface area contributed by atoms with E-state index < -0.39 is 7.52 Å². The van der Waals surface area contributed by atoms with Gasteiger partial charge in [-0.25, -0.2) is 4.67 Å². The molecule has 0 saturated heterocycles. The van der Waals surface area contributed by atoms with Gasteiger partial charge in [0.25, 0.3) is 7.52 Å². The van der Waals surface area contributed by atoms with Crippen LogP contribution in [-0.4, -0.2) is 30.0 Å². The van der Waals surface area contributed by atoms with E-state index in [0.717, 1.165) is 32.2 Å². The highest BCUT2D eigenvalue weighted by atomic mass is 31.2. The van der Waals surface area contributed by atoms with Gasteiger partial charge in [-0.2, -0.15) is 0 Å². The fourth-order valence-electron chi connectivity index (χ4n) is 5.17. The summed E-state index contributed by atoms with van der Waals surface area (Å²) in [4.78, 5) is 0. The van der Waals surface area contributed by atoms with Crippen LogP contribution in [0.3, 0.4) is 0 Å². The molecule has 0 aromatic carbocycles. The predicted octanol–water partition coefficient (Wildman–Crippen LogP) is 11.2. The van der Waals surface area contributed by atoms with Crippen molar-refractivity contribution in [3.8, 4) is 0 Å². The molecule has 4 heteroatoms. The van der Waals surface area contributed by atoms with E-state index in [1.807, 2.05) is 13.1 Å². The number of nitrogens with zero attached hydrogens (tertiary/aromatic N) is 1.